The Kier molecular flexibility index (Phi) is 3.29. The maximum absolute atomic E-state index is 9.69. The van der Waals surface area contributed by atoms with Gasteiger partial charge in [-0.3, -0.25) is 0 Å². The summed E-state index contributed by atoms with van der Waals surface area (Å²) in [4.78, 5) is 0. The van der Waals surface area contributed by atoms with Crippen LogP contribution in [0.3, 0.4) is 0 Å². The Morgan fingerprint density at radius 2 is 2.33 bits per heavy atom. The van der Waals surface area contributed by atoms with Crippen LogP contribution in [0, 0.1) is 5.41 Å². The van der Waals surface area contributed by atoms with Crippen LogP contribution < -0.4 is 0 Å². The molecule has 0 bridgehead atoms. The molecular formula is C10H18O2. The molecule has 2 N–H and O–H groups in total. The van der Waals surface area contributed by atoms with Gasteiger partial charge in [-0.15, -0.1) is 0 Å². The van der Waals surface area contributed by atoms with Gasteiger partial charge in [0.15, 0.2) is 0 Å². The quantitative estimate of drug-likeness (QED) is 0.630. The molecule has 0 aromatic rings. The van der Waals surface area contributed by atoms with Crippen molar-refractivity contribution in [2.75, 3.05) is 6.61 Å². The van der Waals surface area contributed by atoms with Gasteiger partial charge in [-0.25, -0.2) is 0 Å². The SMILES string of the molecule is CC1(CCCO)CCC=CC1O. The summed E-state index contributed by atoms with van der Waals surface area (Å²) in [7, 11) is 0. The fourth-order valence-electron chi connectivity index (χ4n) is 1.77. The molecule has 1 aliphatic carbocycles. The van der Waals surface area contributed by atoms with Crippen molar-refractivity contribution in [1.29, 1.82) is 0 Å². The first-order chi connectivity index (χ1) is 5.69. The highest BCUT2D eigenvalue weighted by molar-refractivity contribution is 5.03. The molecule has 0 heterocycles. The van der Waals surface area contributed by atoms with Crippen LogP contribution in [0.25, 0.3) is 0 Å². The fraction of sp³-hybridized carbons (Fsp3) is 0.800. The van der Waals surface area contributed by atoms with Gasteiger partial charge in [0.1, 0.15) is 0 Å². The highest BCUT2D eigenvalue weighted by Gasteiger charge is 2.31. The van der Waals surface area contributed by atoms with E-state index in [1.807, 2.05) is 12.2 Å². The summed E-state index contributed by atoms with van der Waals surface area (Å²) < 4.78 is 0. The maximum Gasteiger partial charge on any atom is 0.0774 e. The van der Waals surface area contributed by atoms with E-state index in [0.717, 1.165) is 25.7 Å². The first-order valence-corrected chi connectivity index (χ1v) is 4.65. The molecule has 2 atom stereocenters. The largest absolute Gasteiger partial charge is 0.396 e. The molecule has 12 heavy (non-hydrogen) atoms. The molecule has 2 unspecified atom stereocenters. The number of hydrogen-bond donors (Lipinski definition) is 2. The van der Waals surface area contributed by atoms with Gasteiger partial charge in [-0.05, 0) is 31.1 Å². The molecule has 0 amide bonds. The second kappa shape index (κ2) is 4.06. The average molecular weight is 170 g/mol. The van der Waals surface area contributed by atoms with Crippen LogP contribution in [0.1, 0.15) is 32.6 Å². The zero-order valence-electron chi connectivity index (χ0n) is 7.66. The van der Waals surface area contributed by atoms with Crippen LogP contribution in [0.15, 0.2) is 12.2 Å². The third-order valence-electron chi connectivity index (χ3n) is 2.82. The Hall–Kier alpha value is -0.340. The number of aliphatic hydroxyl groups is 2. The van der Waals surface area contributed by atoms with Gasteiger partial charge < -0.3 is 10.2 Å². The van der Waals surface area contributed by atoms with E-state index < -0.39 is 0 Å². The van der Waals surface area contributed by atoms with Crippen molar-refractivity contribution in [2.24, 2.45) is 5.41 Å². The van der Waals surface area contributed by atoms with E-state index >= 15 is 0 Å². The van der Waals surface area contributed by atoms with Crippen LogP contribution in [0.2, 0.25) is 0 Å². The zero-order chi connectivity index (χ0) is 9.03. The summed E-state index contributed by atoms with van der Waals surface area (Å²) in [6, 6.07) is 0. The van der Waals surface area contributed by atoms with Crippen LogP contribution in [0.4, 0.5) is 0 Å². The molecule has 1 aliphatic rings. The minimum Gasteiger partial charge on any atom is -0.396 e. The van der Waals surface area contributed by atoms with Crippen molar-refractivity contribution in [3.63, 3.8) is 0 Å². The fourth-order valence-corrected chi connectivity index (χ4v) is 1.77. The zero-order valence-corrected chi connectivity index (χ0v) is 7.66. The van der Waals surface area contributed by atoms with Crippen molar-refractivity contribution < 1.29 is 10.2 Å². The maximum atomic E-state index is 9.69. The van der Waals surface area contributed by atoms with Gasteiger partial charge in [0.25, 0.3) is 0 Å². The molecule has 0 saturated heterocycles. The number of allylic oxidation sites excluding steroid dienone is 1. The molecule has 0 aliphatic heterocycles. The lowest BCUT2D eigenvalue weighted by molar-refractivity contribution is 0.0493. The van der Waals surface area contributed by atoms with Crippen molar-refractivity contribution in [2.45, 2.75) is 38.7 Å². The smallest absolute Gasteiger partial charge is 0.0774 e. The molecule has 70 valence electrons. The lowest BCUT2D eigenvalue weighted by Crippen LogP contribution is -2.33. The molecule has 0 aromatic carbocycles. The summed E-state index contributed by atoms with van der Waals surface area (Å²) in [5, 5.41) is 18.4. The molecule has 0 radical (unpaired) electrons. The van der Waals surface area contributed by atoms with Gasteiger partial charge >= 0.3 is 0 Å². The molecule has 1 rings (SSSR count). The van der Waals surface area contributed by atoms with E-state index in [0.29, 0.717) is 0 Å². The van der Waals surface area contributed by atoms with Crippen molar-refractivity contribution in [1.82, 2.24) is 0 Å². The Morgan fingerprint density at radius 1 is 1.58 bits per heavy atom. The lowest BCUT2D eigenvalue weighted by atomic mass is 9.73. The standard InChI is InChI=1S/C10H18O2/c1-10(7-4-8-11)6-3-2-5-9(10)12/h2,5,9,11-12H,3-4,6-8H2,1H3. The first-order valence-electron chi connectivity index (χ1n) is 4.65. The number of aliphatic hydroxyl groups excluding tert-OH is 2. The van der Waals surface area contributed by atoms with Crippen molar-refractivity contribution in [3.05, 3.63) is 12.2 Å². The van der Waals surface area contributed by atoms with Crippen LogP contribution >= 0.6 is 0 Å². The third-order valence-corrected chi connectivity index (χ3v) is 2.82. The molecule has 2 nitrogen and oxygen atoms in total. The lowest BCUT2D eigenvalue weighted by Gasteiger charge is -2.35. The van der Waals surface area contributed by atoms with Crippen LogP contribution in [0.5, 0.6) is 0 Å². The second-order valence-corrected chi connectivity index (χ2v) is 3.89. The van der Waals surface area contributed by atoms with E-state index in [-0.39, 0.29) is 18.1 Å². The molecule has 0 saturated carbocycles. The van der Waals surface area contributed by atoms with Gasteiger partial charge in [0, 0.05) is 6.61 Å². The van der Waals surface area contributed by atoms with Gasteiger partial charge in [0.05, 0.1) is 6.10 Å². The molecular weight excluding hydrogens is 152 g/mol. The molecule has 0 fully saturated rings. The Morgan fingerprint density at radius 3 is 2.92 bits per heavy atom. The number of rotatable bonds is 3. The highest BCUT2D eigenvalue weighted by Crippen LogP contribution is 2.36. The van der Waals surface area contributed by atoms with E-state index in [4.69, 9.17) is 5.11 Å². The minimum atomic E-state index is -0.321. The van der Waals surface area contributed by atoms with Gasteiger partial charge in [0.2, 0.25) is 0 Å². The second-order valence-electron chi connectivity index (χ2n) is 3.89. The van der Waals surface area contributed by atoms with Crippen LogP contribution in [-0.4, -0.2) is 22.9 Å². The normalized spacial score (nSPS) is 35.4. The summed E-state index contributed by atoms with van der Waals surface area (Å²) in [6.07, 6.45) is 7.38. The number of hydrogen-bond acceptors (Lipinski definition) is 2. The summed E-state index contributed by atoms with van der Waals surface area (Å²) in [6.45, 7) is 2.32. The van der Waals surface area contributed by atoms with E-state index in [1.54, 1.807) is 0 Å². The molecule has 0 spiro atoms. The van der Waals surface area contributed by atoms with Crippen molar-refractivity contribution in [3.8, 4) is 0 Å². The minimum absolute atomic E-state index is 0.00250. The topological polar surface area (TPSA) is 40.5 Å². The Bertz CT molecular complexity index is 165. The Balaban J connectivity index is 2.50. The summed E-state index contributed by atoms with van der Waals surface area (Å²) in [5.41, 5.74) is -0.00250. The summed E-state index contributed by atoms with van der Waals surface area (Å²) >= 11 is 0. The molecule has 0 aromatic heterocycles. The van der Waals surface area contributed by atoms with Gasteiger partial charge in [-0.2, -0.15) is 0 Å². The third kappa shape index (κ3) is 2.08. The first kappa shape index (κ1) is 9.75. The average Bonchev–Trinajstić information content (AvgIpc) is 2.07. The van der Waals surface area contributed by atoms with Crippen LogP contribution in [-0.2, 0) is 0 Å². The Labute approximate surface area is 73.9 Å². The van der Waals surface area contributed by atoms with Gasteiger partial charge in [-0.1, -0.05) is 19.1 Å². The molecule has 2 heteroatoms. The monoisotopic (exact) mass is 170 g/mol. The predicted octanol–water partition coefficient (Wildman–Crippen LogP) is 1.48. The van der Waals surface area contributed by atoms with Crippen molar-refractivity contribution >= 4 is 0 Å². The van der Waals surface area contributed by atoms with E-state index in [2.05, 4.69) is 6.92 Å². The predicted molar refractivity (Wildman–Crippen MR) is 48.8 cm³/mol. The summed E-state index contributed by atoms with van der Waals surface area (Å²) in [5.74, 6) is 0. The van der Waals surface area contributed by atoms with E-state index in [9.17, 15) is 5.11 Å². The van der Waals surface area contributed by atoms with E-state index in [1.165, 1.54) is 0 Å². The highest BCUT2D eigenvalue weighted by atomic mass is 16.3.